The van der Waals surface area contributed by atoms with Gasteiger partial charge in [-0.25, -0.2) is 5.43 Å². The van der Waals surface area contributed by atoms with Crippen molar-refractivity contribution in [1.82, 2.24) is 9.99 Å². The first-order chi connectivity index (χ1) is 10.4. The van der Waals surface area contributed by atoms with Crippen molar-refractivity contribution >= 4 is 23.7 Å². The zero-order chi connectivity index (χ0) is 16.3. The van der Waals surface area contributed by atoms with Crippen LogP contribution < -0.4 is 5.43 Å². The average molecular weight is 318 g/mol. The van der Waals surface area contributed by atoms with E-state index < -0.39 is 0 Å². The first-order valence-electron chi connectivity index (χ1n) is 7.17. The molecule has 1 aromatic heterocycles. The molecule has 0 unspecified atom stereocenters. The minimum absolute atomic E-state index is 0.259. The summed E-state index contributed by atoms with van der Waals surface area (Å²) in [5.74, 6) is -0.259. The van der Waals surface area contributed by atoms with Gasteiger partial charge in [0.1, 0.15) is 0 Å². The smallest absolute Gasteiger partial charge is 0.271 e. The number of carbonyl (C=O) groups excluding carboxylic acids is 1. The van der Waals surface area contributed by atoms with Gasteiger partial charge in [0, 0.05) is 33.6 Å². The molecule has 0 saturated carbocycles. The van der Waals surface area contributed by atoms with Gasteiger partial charge in [0.2, 0.25) is 0 Å². The minimum atomic E-state index is -0.259. The molecule has 0 spiro atoms. The Bertz CT molecular complexity index is 699. The number of hydrogen-bond acceptors (Lipinski definition) is 2. The zero-order valence-electron chi connectivity index (χ0n) is 13.2. The number of hydrogen-bond donors (Lipinski definition) is 1. The first-order valence-corrected chi connectivity index (χ1v) is 7.55. The third-order valence-corrected chi connectivity index (χ3v) is 3.77. The number of hydrazone groups is 1. The summed E-state index contributed by atoms with van der Waals surface area (Å²) < 4.78 is 2.24. The fraction of sp³-hybridized carbons (Fsp3) is 0.294. The lowest BCUT2D eigenvalue weighted by Gasteiger charge is -2.13. The fourth-order valence-electron chi connectivity index (χ4n) is 2.55. The van der Waals surface area contributed by atoms with Crippen LogP contribution in [0.2, 0.25) is 5.02 Å². The highest BCUT2D eigenvalue weighted by molar-refractivity contribution is 6.30. The molecule has 0 saturated heterocycles. The van der Waals surface area contributed by atoms with Crippen LogP contribution in [0, 0.1) is 13.8 Å². The maximum absolute atomic E-state index is 11.9. The van der Waals surface area contributed by atoms with Gasteiger partial charge in [-0.2, -0.15) is 5.10 Å². The molecule has 0 radical (unpaired) electrons. The monoisotopic (exact) mass is 317 g/mol. The Morgan fingerprint density at radius 3 is 2.45 bits per heavy atom. The zero-order valence-corrected chi connectivity index (χ0v) is 14.0. The summed E-state index contributed by atoms with van der Waals surface area (Å²) >= 11 is 5.80. The van der Waals surface area contributed by atoms with E-state index in [0.717, 1.165) is 11.3 Å². The summed E-state index contributed by atoms with van der Waals surface area (Å²) in [4.78, 5) is 11.9. The number of aryl methyl sites for hydroxylation is 1. The molecule has 1 aromatic carbocycles. The van der Waals surface area contributed by atoms with Gasteiger partial charge >= 0.3 is 0 Å². The van der Waals surface area contributed by atoms with Gasteiger partial charge in [-0.05, 0) is 58.0 Å². The number of amides is 1. The molecule has 2 aromatic rings. The van der Waals surface area contributed by atoms with Crippen LogP contribution in [-0.4, -0.2) is 16.7 Å². The van der Waals surface area contributed by atoms with E-state index in [4.69, 9.17) is 11.6 Å². The molecule has 0 bridgehead atoms. The van der Waals surface area contributed by atoms with Crippen molar-refractivity contribution in [3.05, 3.63) is 57.9 Å². The molecule has 0 aliphatic carbocycles. The van der Waals surface area contributed by atoms with Crippen molar-refractivity contribution in [2.45, 2.75) is 33.7 Å². The van der Waals surface area contributed by atoms with Crippen molar-refractivity contribution < 1.29 is 4.79 Å². The Morgan fingerprint density at radius 1 is 1.27 bits per heavy atom. The van der Waals surface area contributed by atoms with Crippen LogP contribution >= 0.6 is 11.6 Å². The molecule has 116 valence electrons. The second kappa shape index (κ2) is 6.79. The molecule has 1 heterocycles. The van der Waals surface area contributed by atoms with E-state index in [-0.39, 0.29) is 5.91 Å². The number of carbonyl (C=O) groups is 1. The van der Waals surface area contributed by atoms with Crippen LogP contribution in [-0.2, 0) is 0 Å². The van der Waals surface area contributed by atoms with E-state index in [2.05, 4.69) is 48.9 Å². The number of halogens is 1. The third-order valence-electron chi connectivity index (χ3n) is 3.52. The summed E-state index contributed by atoms with van der Waals surface area (Å²) in [7, 11) is 0. The van der Waals surface area contributed by atoms with E-state index in [1.165, 1.54) is 5.69 Å². The van der Waals surface area contributed by atoms with Crippen molar-refractivity contribution in [3.63, 3.8) is 0 Å². The predicted molar refractivity (Wildman–Crippen MR) is 90.8 cm³/mol. The maximum atomic E-state index is 11.9. The summed E-state index contributed by atoms with van der Waals surface area (Å²) in [6.07, 6.45) is 1.68. The maximum Gasteiger partial charge on any atom is 0.271 e. The molecule has 1 N–H and O–H groups in total. The molecule has 22 heavy (non-hydrogen) atoms. The van der Waals surface area contributed by atoms with Gasteiger partial charge in [0.15, 0.2) is 0 Å². The van der Waals surface area contributed by atoms with Crippen molar-refractivity contribution in [1.29, 1.82) is 0 Å². The molecule has 4 nitrogen and oxygen atoms in total. The van der Waals surface area contributed by atoms with Gasteiger partial charge in [-0.3, -0.25) is 4.79 Å². The molecule has 5 heteroatoms. The molecular weight excluding hydrogens is 298 g/mol. The van der Waals surface area contributed by atoms with E-state index in [1.54, 1.807) is 30.5 Å². The highest BCUT2D eigenvalue weighted by Gasteiger charge is 2.10. The van der Waals surface area contributed by atoms with Crippen LogP contribution in [0.1, 0.15) is 47.2 Å². The molecule has 0 fully saturated rings. The summed E-state index contributed by atoms with van der Waals surface area (Å²) in [5.41, 5.74) is 6.37. The Hall–Kier alpha value is -2.07. The van der Waals surface area contributed by atoms with Gasteiger partial charge < -0.3 is 4.57 Å². The van der Waals surface area contributed by atoms with Crippen molar-refractivity contribution in [2.75, 3.05) is 0 Å². The molecule has 1 amide bonds. The molecular formula is C17H20ClN3O. The molecule has 2 rings (SSSR count). The SMILES string of the molecule is Cc1cc(/C=N\NC(=O)c2ccc(Cl)cc2)c(C)n1C(C)C. The lowest BCUT2D eigenvalue weighted by atomic mass is 10.2. The van der Waals surface area contributed by atoms with Crippen LogP contribution in [0.15, 0.2) is 35.4 Å². The van der Waals surface area contributed by atoms with Crippen LogP contribution in [0.25, 0.3) is 0 Å². The van der Waals surface area contributed by atoms with Gasteiger partial charge in [0.25, 0.3) is 5.91 Å². The van der Waals surface area contributed by atoms with E-state index >= 15 is 0 Å². The topological polar surface area (TPSA) is 46.4 Å². The summed E-state index contributed by atoms with van der Waals surface area (Å²) in [5, 5.41) is 4.64. The summed E-state index contributed by atoms with van der Waals surface area (Å²) in [6, 6.07) is 9.14. The Balaban J connectivity index is 2.08. The lowest BCUT2D eigenvalue weighted by molar-refractivity contribution is 0.0955. The quantitative estimate of drug-likeness (QED) is 0.669. The largest absolute Gasteiger partial charge is 0.346 e. The number of benzene rings is 1. The second-order valence-corrected chi connectivity index (χ2v) is 5.93. The first kappa shape index (κ1) is 16.3. The predicted octanol–water partition coefficient (Wildman–Crippen LogP) is 4.10. The fourth-order valence-corrected chi connectivity index (χ4v) is 2.68. The van der Waals surface area contributed by atoms with Crippen LogP contribution in [0.4, 0.5) is 0 Å². The van der Waals surface area contributed by atoms with E-state index in [9.17, 15) is 4.79 Å². The summed E-state index contributed by atoms with van der Waals surface area (Å²) in [6.45, 7) is 8.40. The highest BCUT2D eigenvalue weighted by atomic mass is 35.5. The molecule has 0 aliphatic heterocycles. The third kappa shape index (κ3) is 3.57. The van der Waals surface area contributed by atoms with Gasteiger partial charge in [0.05, 0.1) is 6.21 Å². The van der Waals surface area contributed by atoms with E-state index in [0.29, 0.717) is 16.6 Å². The minimum Gasteiger partial charge on any atom is -0.346 e. The second-order valence-electron chi connectivity index (χ2n) is 5.50. The van der Waals surface area contributed by atoms with Crippen LogP contribution in [0.5, 0.6) is 0 Å². The van der Waals surface area contributed by atoms with E-state index in [1.807, 2.05) is 0 Å². The van der Waals surface area contributed by atoms with Gasteiger partial charge in [-0.1, -0.05) is 11.6 Å². The van der Waals surface area contributed by atoms with Crippen LogP contribution in [0.3, 0.4) is 0 Å². The number of aromatic nitrogens is 1. The Labute approximate surface area is 135 Å². The van der Waals surface area contributed by atoms with Crippen molar-refractivity contribution in [2.24, 2.45) is 5.10 Å². The number of rotatable bonds is 4. The molecule has 0 atom stereocenters. The molecule has 0 aliphatic rings. The Morgan fingerprint density at radius 2 is 1.91 bits per heavy atom. The standard InChI is InChI=1S/C17H20ClN3O/c1-11(2)21-12(3)9-15(13(21)4)10-19-20-17(22)14-5-7-16(18)8-6-14/h5-11H,1-4H3,(H,20,22)/b19-10-. The average Bonchev–Trinajstić information content (AvgIpc) is 2.74. The number of nitrogens with zero attached hydrogens (tertiary/aromatic N) is 2. The normalized spacial score (nSPS) is 11.4. The Kier molecular flexibility index (Phi) is 5.03. The van der Waals surface area contributed by atoms with Gasteiger partial charge in [-0.15, -0.1) is 0 Å². The van der Waals surface area contributed by atoms with Crippen molar-refractivity contribution in [3.8, 4) is 0 Å². The highest BCUT2D eigenvalue weighted by Crippen LogP contribution is 2.18. The lowest BCUT2D eigenvalue weighted by Crippen LogP contribution is -2.17. The number of nitrogens with one attached hydrogen (secondary N) is 1.